The van der Waals surface area contributed by atoms with E-state index in [4.69, 9.17) is 4.74 Å². The predicted molar refractivity (Wildman–Crippen MR) is 65.3 cm³/mol. The number of ether oxygens (including phenoxy) is 1. The van der Waals surface area contributed by atoms with Crippen LogP contribution in [0.3, 0.4) is 0 Å². The lowest BCUT2D eigenvalue weighted by Gasteiger charge is -2.17. The van der Waals surface area contributed by atoms with Crippen LogP contribution in [-0.4, -0.2) is 12.4 Å². The number of hydrogen-bond donors (Lipinski definition) is 0. The molecule has 0 aliphatic heterocycles. The lowest BCUT2D eigenvalue weighted by atomic mass is 9.98. The van der Waals surface area contributed by atoms with E-state index in [0.29, 0.717) is 18.9 Å². The van der Waals surface area contributed by atoms with Gasteiger partial charge in [-0.15, -0.1) is 0 Å². The highest BCUT2D eigenvalue weighted by Crippen LogP contribution is 2.21. The molecule has 0 amide bonds. The molecule has 0 saturated carbocycles. The Hall–Kier alpha value is -1.15. The smallest absolute Gasteiger partial charge is 0.166 e. The molecule has 0 N–H and O–H groups in total. The van der Waals surface area contributed by atoms with Gasteiger partial charge in [-0.25, -0.2) is 0 Å². The van der Waals surface area contributed by atoms with Gasteiger partial charge in [0.1, 0.15) is 6.10 Å². The highest BCUT2D eigenvalue weighted by Gasteiger charge is 2.20. The fourth-order valence-electron chi connectivity index (χ4n) is 1.68. The fourth-order valence-corrected chi connectivity index (χ4v) is 1.68. The van der Waals surface area contributed by atoms with Gasteiger partial charge in [-0.05, 0) is 18.4 Å². The minimum absolute atomic E-state index is 0.169. The molecule has 0 bridgehead atoms. The summed E-state index contributed by atoms with van der Waals surface area (Å²) in [4.78, 5) is 12.0. The molecule has 0 aliphatic rings. The lowest BCUT2D eigenvalue weighted by Crippen LogP contribution is -2.17. The molecule has 0 saturated heterocycles. The van der Waals surface area contributed by atoms with Crippen molar-refractivity contribution in [3.8, 4) is 0 Å². The van der Waals surface area contributed by atoms with Crippen LogP contribution in [0.25, 0.3) is 0 Å². The van der Waals surface area contributed by atoms with Crippen LogP contribution >= 0.6 is 0 Å². The first kappa shape index (κ1) is 12.9. The normalized spacial score (nSPS) is 12.8. The summed E-state index contributed by atoms with van der Waals surface area (Å²) in [5.41, 5.74) is 0.954. The maximum atomic E-state index is 12.0. The quantitative estimate of drug-likeness (QED) is 0.734. The van der Waals surface area contributed by atoms with Gasteiger partial charge in [0.05, 0.1) is 0 Å². The van der Waals surface area contributed by atoms with Crippen LogP contribution in [-0.2, 0) is 9.53 Å². The van der Waals surface area contributed by atoms with Crippen LogP contribution in [0.1, 0.15) is 38.9 Å². The van der Waals surface area contributed by atoms with Crippen LogP contribution in [0, 0.1) is 5.92 Å². The van der Waals surface area contributed by atoms with E-state index in [1.807, 2.05) is 51.1 Å². The zero-order valence-corrected chi connectivity index (χ0v) is 10.3. The third-order valence-corrected chi connectivity index (χ3v) is 2.34. The topological polar surface area (TPSA) is 26.3 Å². The van der Waals surface area contributed by atoms with Gasteiger partial charge in [0.15, 0.2) is 5.78 Å². The fraction of sp³-hybridized carbons (Fsp3) is 0.500. The summed E-state index contributed by atoms with van der Waals surface area (Å²) in [6.45, 7) is 6.57. The van der Waals surface area contributed by atoms with Gasteiger partial charge in [0.2, 0.25) is 0 Å². The number of carbonyl (C=O) groups excluding carboxylic acids is 1. The van der Waals surface area contributed by atoms with Crippen molar-refractivity contribution in [1.82, 2.24) is 0 Å². The summed E-state index contributed by atoms with van der Waals surface area (Å²) in [5.74, 6) is 0.544. The Morgan fingerprint density at radius 2 is 1.88 bits per heavy atom. The average molecular weight is 220 g/mol. The molecule has 1 aromatic rings. The molecule has 0 spiro atoms. The van der Waals surface area contributed by atoms with E-state index < -0.39 is 6.10 Å². The Balaban J connectivity index is 2.79. The summed E-state index contributed by atoms with van der Waals surface area (Å²) in [5, 5.41) is 0. The van der Waals surface area contributed by atoms with Gasteiger partial charge in [-0.3, -0.25) is 4.79 Å². The standard InChI is InChI=1S/C14H20O2/c1-4-16-14(13(15)10-11(2)3)12-8-6-5-7-9-12/h5-9,11,14H,4,10H2,1-3H3. The van der Waals surface area contributed by atoms with E-state index >= 15 is 0 Å². The summed E-state index contributed by atoms with van der Waals surface area (Å²) in [6.07, 6.45) is 0.174. The zero-order chi connectivity index (χ0) is 12.0. The van der Waals surface area contributed by atoms with Gasteiger partial charge in [0.25, 0.3) is 0 Å². The lowest BCUT2D eigenvalue weighted by molar-refractivity contribution is -0.131. The number of Topliss-reactive ketones (excluding diaryl/α,β-unsaturated/α-hetero) is 1. The number of ketones is 1. The molecule has 0 radical (unpaired) electrons. The first-order valence-corrected chi connectivity index (χ1v) is 5.84. The summed E-state index contributed by atoms with van der Waals surface area (Å²) in [6, 6.07) is 9.70. The van der Waals surface area contributed by atoms with Crippen molar-refractivity contribution in [3.05, 3.63) is 35.9 Å². The van der Waals surface area contributed by atoms with Crippen molar-refractivity contribution < 1.29 is 9.53 Å². The monoisotopic (exact) mass is 220 g/mol. The molecule has 0 heterocycles. The van der Waals surface area contributed by atoms with E-state index in [-0.39, 0.29) is 5.78 Å². The molecule has 0 aliphatic carbocycles. The minimum Gasteiger partial charge on any atom is -0.366 e. The molecule has 88 valence electrons. The molecule has 0 fully saturated rings. The molecule has 16 heavy (non-hydrogen) atoms. The maximum absolute atomic E-state index is 12.0. The number of benzene rings is 1. The Kier molecular flexibility index (Phi) is 5.20. The van der Waals surface area contributed by atoms with Crippen molar-refractivity contribution in [1.29, 1.82) is 0 Å². The molecule has 1 rings (SSSR count). The molecule has 1 atom stereocenters. The van der Waals surface area contributed by atoms with Crippen molar-refractivity contribution in [3.63, 3.8) is 0 Å². The second-order valence-electron chi connectivity index (χ2n) is 4.31. The first-order chi connectivity index (χ1) is 7.65. The SMILES string of the molecule is CCOC(C(=O)CC(C)C)c1ccccc1. The van der Waals surface area contributed by atoms with Crippen LogP contribution in [0.2, 0.25) is 0 Å². The van der Waals surface area contributed by atoms with E-state index in [0.717, 1.165) is 5.56 Å². The second-order valence-corrected chi connectivity index (χ2v) is 4.31. The molecule has 2 heteroatoms. The first-order valence-electron chi connectivity index (χ1n) is 5.84. The Morgan fingerprint density at radius 3 is 2.38 bits per heavy atom. The predicted octanol–water partition coefficient (Wildman–Crippen LogP) is 3.38. The second kappa shape index (κ2) is 6.44. The van der Waals surface area contributed by atoms with Crippen molar-refractivity contribution in [2.45, 2.75) is 33.3 Å². The van der Waals surface area contributed by atoms with E-state index in [1.165, 1.54) is 0 Å². The van der Waals surface area contributed by atoms with Crippen LogP contribution < -0.4 is 0 Å². The van der Waals surface area contributed by atoms with Crippen LogP contribution in [0.4, 0.5) is 0 Å². The van der Waals surface area contributed by atoms with Gasteiger partial charge < -0.3 is 4.74 Å². The van der Waals surface area contributed by atoms with E-state index in [2.05, 4.69) is 0 Å². The number of carbonyl (C=O) groups is 1. The maximum Gasteiger partial charge on any atom is 0.166 e. The Labute approximate surface area is 97.6 Å². The molecule has 1 unspecified atom stereocenters. The van der Waals surface area contributed by atoms with E-state index in [9.17, 15) is 4.79 Å². The Morgan fingerprint density at radius 1 is 1.25 bits per heavy atom. The highest BCUT2D eigenvalue weighted by molar-refractivity contribution is 5.84. The van der Waals surface area contributed by atoms with Crippen LogP contribution in [0.5, 0.6) is 0 Å². The average Bonchev–Trinajstić information content (AvgIpc) is 2.26. The van der Waals surface area contributed by atoms with Crippen molar-refractivity contribution in [2.75, 3.05) is 6.61 Å². The molecule has 0 aromatic heterocycles. The molecule has 2 nitrogen and oxygen atoms in total. The summed E-state index contributed by atoms with van der Waals surface area (Å²) >= 11 is 0. The largest absolute Gasteiger partial charge is 0.366 e. The van der Waals surface area contributed by atoms with Crippen LogP contribution in [0.15, 0.2) is 30.3 Å². The zero-order valence-electron chi connectivity index (χ0n) is 10.3. The summed E-state index contributed by atoms with van der Waals surface area (Å²) in [7, 11) is 0. The van der Waals surface area contributed by atoms with Crippen molar-refractivity contribution in [2.24, 2.45) is 5.92 Å². The van der Waals surface area contributed by atoms with Gasteiger partial charge in [-0.2, -0.15) is 0 Å². The van der Waals surface area contributed by atoms with Gasteiger partial charge in [-0.1, -0.05) is 44.2 Å². The number of rotatable bonds is 6. The Bertz CT molecular complexity index is 317. The molecular formula is C14H20O2. The van der Waals surface area contributed by atoms with E-state index in [1.54, 1.807) is 0 Å². The third kappa shape index (κ3) is 3.78. The minimum atomic E-state index is -0.395. The van der Waals surface area contributed by atoms with Gasteiger partial charge >= 0.3 is 0 Å². The number of hydrogen-bond acceptors (Lipinski definition) is 2. The highest BCUT2D eigenvalue weighted by atomic mass is 16.5. The summed E-state index contributed by atoms with van der Waals surface area (Å²) < 4.78 is 5.54. The molecular weight excluding hydrogens is 200 g/mol. The van der Waals surface area contributed by atoms with Crippen molar-refractivity contribution >= 4 is 5.78 Å². The molecule has 1 aromatic carbocycles. The third-order valence-electron chi connectivity index (χ3n) is 2.34. The van der Waals surface area contributed by atoms with Gasteiger partial charge in [0, 0.05) is 13.0 Å².